The van der Waals surface area contributed by atoms with Crippen molar-refractivity contribution in [2.24, 2.45) is 5.92 Å². The van der Waals surface area contributed by atoms with Gasteiger partial charge < -0.3 is 25.3 Å². The van der Waals surface area contributed by atoms with Crippen LogP contribution in [0, 0.1) is 5.92 Å². The van der Waals surface area contributed by atoms with Gasteiger partial charge in [0.25, 0.3) is 5.91 Å². The Hall–Kier alpha value is -2.77. The zero-order chi connectivity index (χ0) is 25.6. The Bertz CT molecular complexity index is 903. The summed E-state index contributed by atoms with van der Waals surface area (Å²) in [5.74, 6) is 0.241. The van der Waals surface area contributed by atoms with Gasteiger partial charge in [-0.3, -0.25) is 9.59 Å². The largest absolute Gasteiger partial charge is 0.369 e. The van der Waals surface area contributed by atoms with Crippen molar-refractivity contribution in [2.45, 2.75) is 72.3 Å². The Morgan fingerprint density at radius 3 is 2.23 bits per heavy atom. The van der Waals surface area contributed by atoms with Crippen molar-refractivity contribution < 1.29 is 14.4 Å². The SMILES string of the molecule is CC(C)CC(=O)Nc1ccc(N2CCCN(C(=O)NC(C)(C)C)CC2)c(C(=O)N2CCCCC2)c1. The van der Waals surface area contributed by atoms with Crippen LogP contribution >= 0.6 is 0 Å². The van der Waals surface area contributed by atoms with E-state index in [1.54, 1.807) is 0 Å². The summed E-state index contributed by atoms with van der Waals surface area (Å²) < 4.78 is 0. The number of rotatable bonds is 5. The van der Waals surface area contributed by atoms with Gasteiger partial charge in [0.15, 0.2) is 0 Å². The summed E-state index contributed by atoms with van der Waals surface area (Å²) in [4.78, 5) is 44.7. The van der Waals surface area contributed by atoms with Crippen LogP contribution in [0.25, 0.3) is 0 Å². The molecule has 194 valence electrons. The highest BCUT2D eigenvalue weighted by molar-refractivity contribution is 6.02. The molecule has 8 heteroatoms. The summed E-state index contributed by atoms with van der Waals surface area (Å²) in [5.41, 5.74) is 1.87. The molecule has 0 unspecified atom stereocenters. The first kappa shape index (κ1) is 26.8. The van der Waals surface area contributed by atoms with E-state index in [9.17, 15) is 14.4 Å². The highest BCUT2D eigenvalue weighted by Gasteiger charge is 2.27. The number of amides is 4. The summed E-state index contributed by atoms with van der Waals surface area (Å²) in [6.07, 6.45) is 4.46. The van der Waals surface area contributed by atoms with Gasteiger partial charge in [-0.25, -0.2) is 4.79 Å². The Labute approximate surface area is 210 Å². The maximum atomic E-state index is 13.6. The molecule has 8 nitrogen and oxygen atoms in total. The zero-order valence-electron chi connectivity index (χ0n) is 22.2. The number of anilines is 2. The molecule has 35 heavy (non-hydrogen) atoms. The van der Waals surface area contributed by atoms with E-state index in [0.717, 1.165) is 51.0 Å². The minimum absolute atomic E-state index is 0.0197. The van der Waals surface area contributed by atoms with Crippen molar-refractivity contribution >= 4 is 29.2 Å². The van der Waals surface area contributed by atoms with Crippen LogP contribution in [-0.2, 0) is 4.79 Å². The molecule has 3 rings (SSSR count). The van der Waals surface area contributed by atoms with Gasteiger partial charge in [0.1, 0.15) is 0 Å². The molecule has 0 aromatic heterocycles. The van der Waals surface area contributed by atoms with E-state index in [2.05, 4.69) is 15.5 Å². The lowest BCUT2D eigenvalue weighted by Crippen LogP contribution is -2.49. The Kier molecular flexibility index (Phi) is 9.03. The molecule has 2 heterocycles. The second-order valence-corrected chi connectivity index (χ2v) is 11.2. The molecule has 1 aromatic carbocycles. The molecule has 0 saturated carbocycles. The van der Waals surface area contributed by atoms with E-state index in [4.69, 9.17) is 0 Å². The molecule has 1 aromatic rings. The molecule has 2 aliphatic heterocycles. The van der Waals surface area contributed by atoms with Crippen LogP contribution in [0.5, 0.6) is 0 Å². The lowest BCUT2D eigenvalue weighted by Gasteiger charge is -2.31. The van der Waals surface area contributed by atoms with Crippen LogP contribution < -0.4 is 15.5 Å². The van der Waals surface area contributed by atoms with E-state index in [0.29, 0.717) is 37.3 Å². The fourth-order valence-corrected chi connectivity index (χ4v) is 4.67. The highest BCUT2D eigenvalue weighted by Crippen LogP contribution is 2.28. The van der Waals surface area contributed by atoms with Gasteiger partial charge in [0.2, 0.25) is 5.91 Å². The number of carbonyl (C=O) groups is 3. The lowest BCUT2D eigenvalue weighted by atomic mass is 10.1. The third-order valence-corrected chi connectivity index (χ3v) is 6.35. The summed E-state index contributed by atoms with van der Waals surface area (Å²) in [7, 11) is 0. The zero-order valence-corrected chi connectivity index (χ0v) is 22.2. The Morgan fingerprint density at radius 2 is 1.57 bits per heavy atom. The van der Waals surface area contributed by atoms with Gasteiger partial charge in [-0.15, -0.1) is 0 Å². The van der Waals surface area contributed by atoms with Crippen molar-refractivity contribution in [3.63, 3.8) is 0 Å². The van der Waals surface area contributed by atoms with Gasteiger partial charge in [-0.05, 0) is 70.6 Å². The first-order chi connectivity index (χ1) is 16.5. The number of nitrogens with one attached hydrogen (secondary N) is 2. The molecule has 2 fully saturated rings. The van der Waals surface area contributed by atoms with Crippen molar-refractivity contribution in [1.82, 2.24) is 15.1 Å². The molecule has 2 saturated heterocycles. The lowest BCUT2D eigenvalue weighted by molar-refractivity contribution is -0.116. The third-order valence-electron chi connectivity index (χ3n) is 6.35. The van der Waals surface area contributed by atoms with Crippen LogP contribution in [0.4, 0.5) is 16.2 Å². The predicted molar refractivity (Wildman–Crippen MR) is 141 cm³/mol. The van der Waals surface area contributed by atoms with Crippen molar-refractivity contribution in [3.8, 4) is 0 Å². The van der Waals surface area contributed by atoms with Gasteiger partial charge in [0.05, 0.1) is 5.56 Å². The quantitative estimate of drug-likeness (QED) is 0.651. The molecule has 4 amide bonds. The number of hydrogen-bond acceptors (Lipinski definition) is 4. The molecule has 0 bridgehead atoms. The molecule has 2 N–H and O–H groups in total. The third kappa shape index (κ3) is 7.87. The number of urea groups is 1. The van der Waals surface area contributed by atoms with Crippen LogP contribution in [-0.4, -0.2) is 72.5 Å². The molecule has 0 radical (unpaired) electrons. The first-order valence-electron chi connectivity index (χ1n) is 13.1. The van der Waals surface area contributed by atoms with E-state index in [1.165, 1.54) is 0 Å². The summed E-state index contributed by atoms with van der Waals surface area (Å²) in [5, 5.41) is 6.02. The average molecular weight is 486 g/mol. The molecule has 0 atom stereocenters. The molecular weight excluding hydrogens is 442 g/mol. The van der Waals surface area contributed by atoms with E-state index < -0.39 is 0 Å². The van der Waals surface area contributed by atoms with Crippen LogP contribution in [0.3, 0.4) is 0 Å². The monoisotopic (exact) mass is 485 g/mol. The van der Waals surface area contributed by atoms with E-state index >= 15 is 0 Å². The first-order valence-corrected chi connectivity index (χ1v) is 13.1. The number of carbonyl (C=O) groups excluding carboxylic acids is 3. The maximum absolute atomic E-state index is 13.6. The van der Waals surface area contributed by atoms with E-state index in [-0.39, 0.29) is 29.3 Å². The topological polar surface area (TPSA) is 85.0 Å². The number of likely N-dealkylation sites (tertiary alicyclic amines) is 1. The maximum Gasteiger partial charge on any atom is 0.317 e. The normalized spacial score (nSPS) is 17.3. The van der Waals surface area contributed by atoms with Gasteiger partial charge in [-0.1, -0.05) is 13.8 Å². The highest BCUT2D eigenvalue weighted by atomic mass is 16.2. The number of piperidine rings is 1. The van der Waals surface area contributed by atoms with Gasteiger partial charge in [0, 0.05) is 62.6 Å². The fourth-order valence-electron chi connectivity index (χ4n) is 4.67. The second kappa shape index (κ2) is 11.8. The van der Waals surface area contributed by atoms with E-state index in [1.807, 2.05) is 62.6 Å². The Balaban J connectivity index is 1.82. The van der Waals surface area contributed by atoms with Crippen LogP contribution in [0.2, 0.25) is 0 Å². The molecule has 0 aliphatic carbocycles. The molecular formula is C27H43N5O3. The van der Waals surface area contributed by atoms with Gasteiger partial charge >= 0.3 is 6.03 Å². The van der Waals surface area contributed by atoms with Crippen molar-refractivity contribution in [2.75, 3.05) is 49.5 Å². The second-order valence-electron chi connectivity index (χ2n) is 11.2. The van der Waals surface area contributed by atoms with Crippen molar-refractivity contribution in [1.29, 1.82) is 0 Å². The predicted octanol–water partition coefficient (Wildman–Crippen LogP) is 4.32. The minimum atomic E-state index is -0.285. The smallest absolute Gasteiger partial charge is 0.317 e. The molecule has 2 aliphatic rings. The Morgan fingerprint density at radius 1 is 0.886 bits per heavy atom. The minimum Gasteiger partial charge on any atom is -0.369 e. The van der Waals surface area contributed by atoms with Gasteiger partial charge in [-0.2, -0.15) is 0 Å². The number of hydrogen-bond donors (Lipinski definition) is 2. The average Bonchev–Trinajstić information content (AvgIpc) is 3.04. The number of nitrogens with zero attached hydrogens (tertiary/aromatic N) is 3. The fraction of sp³-hybridized carbons (Fsp3) is 0.667. The van der Waals surface area contributed by atoms with Crippen LogP contribution in [0.1, 0.15) is 77.1 Å². The summed E-state index contributed by atoms with van der Waals surface area (Å²) >= 11 is 0. The summed E-state index contributed by atoms with van der Waals surface area (Å²) in [6.45, 7) is 14.2. The van der Waals surface area contributed by atoms with Crippen molar-refractivity contribution in [3.05, 3.63) is 23.8 Å². The standard InChI is InChI=1S/C27H43N5O3/c1-20(2)18-24(33)28-21-10-11-23(22(19-21)25(34)31-12-7-6-8-13-31)30-14-9-15-32(17-16-30)26(35)29-27(3,4)5/h10-11,19-20H,6-9,12-18H2,1-5H3,(H,28,33)(H,29,35). The summed E-state index contributed by atoms with van der Waals surface area (Å²) in [6, 6.07) is 5.62. The molecule has 0 spiro atoms. The van der Waals surface area contributed by atoms with Crippen LogP contribution in [0.15, 0.2) is 18.2 Å². The number of benzene rings is 1.